The Kier molecular flexibility index (Phi) is 6.10. The highest BCUT2D eigenvalue weighted by atomic mass is 16.6. The van der Waals surface area contributed by atoms with E-state index in [1.165, 1.54) is 51.8 Å². The Morgan fingerprint density at radius 3 is 2.12 bits per heavy atom. The van der Waals surface area contributed by atoms with Crippen molar-refractivity contribution in [1.29, 1.82) is 0 Å². The maximum atomic E-state index is 12.0. The summed E-state index contributed by atoms with van der Waals surface area (Å²) in [7, 11) is 4.49. The van der Waals surface area contributed by atoms with Gasteiger partial charge in [-0.1, -0.05) is 0 Å². The van der Waals surface area contributed by atoms with Crippen molar-refractivity contribution in [3.05, 3.63) is 57.6 Å². The number of carbonyl (C=O) groups excluding carboxylic acids is 1. The second-order valence-electron chi connectivity index (χ2n) is 4.96. The largest absolute Gasteiger partial charge is 0.493 e. The lowest BCUT2D eigenvalue weighted by molar-refractivity contribution is -0.384. The number of hydrogen-bond donors (Lipinski definition) is 1. The zero-order valence-electron chi connectivity index (χ0n) is 14.4. The van der Waals surface area contributed by atoms with E-state index in [1.54, 1.807) is 12.1 Å². The van der Waals surface area contributed by atoms with Gasteiger partial charge in [0.1, 0.15) is 0 Å². The summed E-state index contributed by atoms with van der Waals surface area (Å²) in [4.78, 5) is 22.1. The van der Waals surface area contributed by atoms with E-state index >= 15 is 0 Å². The number of amides is 1. The first-order chi connectivity index (χ1) is 12.5. The summed E-state index contributed by atoms with van der Waals surface area (Å²) < 4.78 is 15.7. The van der Waals surface area contributed by atoms with E-state index in [2.05, 4.69) is 10.5 Å². The van der Waals surface area contributed by atoms with Crippen molar-refractivity contribution < 1.29 is 23.9 Å². The molecule has 1 amide bonds. The molecule has 0 saturated carbocycles. The number of non-ortho nitro benzene ring substituents is 1. The zero-order valence-corrected chi connectivity index (χ0v) is 14.4. The van der Waals surface area contributed by atoms with E-state index in [0.29, 0.717) is 22.8 Å². The molecule has 0 spiro atoms. The number of hydrazone groups is 1. The van der Waals surface area contributed by atoms with Crippen molar-refractivity contribution in [2.45, 2.75) is 0 Å². The van der Waals surface area contributed by atoms with Gasteiger partial charge < -0.3 is 14.2 Å². The molecule has 0 aliphatic carbocycles. The van der Waals surface area contributed by atoms with Crippen LogP contribution >= 0.6 is 0 Å². The van der Waals surface area contributed by atoms with Gasteiger partial charge in [-0.15, -0.1) is 0 Å². The molecule has 0 aliphatic heterocycles. The first-order valence-electron chi connectivity index (χ1n) is 7.38. The molecule has 0 aromatic heterocycles. The number of ether oxygens (including phenoxy) is 3. The van der Waals surface area contributed by atoms with Crippen molar-refractivity contribution in [2.75, 3.05) is 21.3 Å². The average molecular weight is 359 g/mol. The summed E-state index contributed by atoms with van der Waals surface area (Å²) in [5.74, 6) is 0.857. The molecule has 2 aromatic rings. The number of nitrogens with zero attached hydrogens (tertiary/aromatic N) is 2. The number of carbonyl (C=O) groups is 1. The van der Waals surface area contributed by atoms with Gasteiger partial charge in [-0.25, -0.2) is 5.43 Å². The standard InChI is InChI=1S/C17H17N3O6/c1-24-14-8-11(9-15(25-2)16(14)26-3)10-18-19-17(21)12-4-6-13(7-5-12)20(22)23/h4-10H,1-3H3,(H,19,21)/b18-10+. The van der Waals surface area contributed by atoms with Crippen molar-refractivity contribution >= 4 is 17.8 Å². The van der Waals surface area contributed by atoms with Crippen molar-refractivity contribution in [2.24, 2.45) is 5.10 Å². The molecule has 0 fully saturated rings. The predicted octanol–water partition coefficient (Wildman–Crippen LogP) is 2.38. The summed E-state index contributed by atoms with van der Waals surface area (Å²) in [5, 5.41) is 14.5. The Hall–Kier alpha value is -3.62. The first-order valence-corrected chi connectivity index (χ1v) is 7.38. The minimum absolute atomic E-state index is 0.0949. The number of benzene rings is 2. The zero-order chi connectivity index (χ0) is 19.1. The Balaban J connectivity index is 2.12. The number of nitrogens with one attached hydrogen (secondary N) is 1. The topological polar surface area (TPSA) is 112 Å². The van der Waals surface area contributed by atoms with E-state index in [-0.39, 0.29) is 11.3 Å². The summed E-state index contributed by atoms with van der Waals surface area (Å²) in [6, 6.07) is 8.53. The molecular formula is C17H17N3O6. The number of rotatable bonds is 7. The van der Waals surface area contributed by atoms with Gasteiger partial charge >= 0.3 is 0 Å². The second-order valence-corrected chi connectivity index (χ2v) is 4.96. The molecule has 136 valence electrons. The van der Waals surface area contributed by atoms with Crippen molar-refractivity contribution in [3.63, 3.8) is 0 Å². The van der Waals surface area contributed by atoms with Gasteiger partial charge in [0.15, 0.2) is 11.5 Å². The molecule has 0 bridgehead atoms. The SMILES string of the molecule is COc1cc(/C=N/NC(=O)c2ccc([N+](=O)[O-])cc2)cc(OC)c1OC. The van der Waals surface area contributed by atoms with Crippen molar-refractivity contribution in [1.82, 2.24) is 5.43 Å². The molecule has 2 rings (SSSR count). The average Bonchev–Trinajstić information content (AvgIpc) is 2.66. The van der Waals surface area contributed by atoms with Crippen LogP contribution < -0.4 is 19.6 Å². The predicted molar refractivity (Wildman–Crippen MR) is 94.3 cm³/mol. The Labute approximate surface area is 149 Å². The molecule has 1 N–H and O–H groups in total. The summed E-state index contributed by atoms with van der Waals surface area (Å²) >= 11 is 0. The molecule has 0 radical (unpaired) electrons. The van der Waals surface area contributed by atoms with Gasteiger partial charge in [0.2, 0.25) is 5.75 Å². The van der Waals surface area contributed by atoms with Crippen LogP contribution in [0.5, 0.6) is 17.2 Å². The van der Waals surface area contributed by atoms with Gasteiger partial charge in [-0.3, -0.25) is 14.9 Å². The number of nitro groups is 1. The molecule has 26 heavy (non-hydrogen) atoms. The van der Waals surface area contributed by atoms with E-state index in [9.17, 15) is 14.9 Å². The fourth-order valence-electron chi connectivity index (χ4n) is 2.14. The van der Waals surface area contributed by atoms with Crippen LogP contribution in [0.1, 0.15) is 15.9 Å². The van der Waals surface area contributed by atoms with E-state index in [0.717, 1.165) is 0 Å². The number of nitro benzene ring substituents is 1. The molecule has 2 aromatic carbocycles. The lowest BCUT2D eigenvalue weighted by Gasteiger charge is -2.12. The maximum Gasteiger partial charge on any atom is 0.271 e. The van der Waals surface area contributed by atoms with E-state index < -0.39 is 10.8 Å². The Morgan fingerprint density at radius 1 is 1.08 bits per heavy atom. The van der Waals surface area contributed by atoms with E-state index in [1.807, 2.05) is 0 Å². The minimum Gasteiger partial charge on any atom is -0.493 e. The van der Waals surface area contributed by atoms with Gasteiger partial charge in [-0.05, 0) is 24.3 Å². The fourth-order valence-corrected chi connectivity index (χ4v) is 2.14. The number of methoxy groups -OCH3 is 3. The van der Waals surface area contributed by atoms with Crippen LogP contribution in [-0.4, -0.2) is 38.4 Å². The van der Waals surface area contributed by atoms with Crippen molar-refractivity contribution in [3.8, 4) is 17.2 Å². The molecular weight excluding hydrogens is 342 g/mol. The fraction of sp³-hybridized carbons (Fsp3) is 0.176. The van der Waals surface area contributed by atoms with Gasteiger partial charge in [0.05, 0.1) is 32.5 Å². The van der Waals surface area contributed by atoms with Gasteiger partial charge in [0.25, 0.3) is 11.6 Å². The molecule has 9 nitrogen and oxygen atoms in total. The molecule has 9 heteroatoms. The summed E-state index contributed by atoms with van der Waals surface area (Å²) in [6.07, 6.45) is 1.41. The van der Waals surface area contributed by atoms with Gasteiger partial charge in [0, 0.05) is 23.3 Å². The molecule has 0 unspecified atom stereocenters. The molecule has 0 aliphatic rings. The lowest BCUT2D eigenvalue weighted by Crippen LogP contribution is -2.17. The summed E-state index contributed by atoms with van der Waals surface area (Å²) in [6.45, 7) is 0. The van der Waals surface area contributed by atoms with E-state index in [4.69, 9.17) is 14.2 Å². The van der Waals surface area contributed by atoms with Crippen LogP contribution in [0.3, 0.4) is 0 Å². The molecule has 0 atom stereocenters. The van der Waals surface area contributed by atoms with Crippen LogP contribution in [0.4, 0.5) is 5.69 Å². The van der Waals surface area contributed by atoms with Crippen LogP contribution in [0.15, 0.2) is 41.5 Å². The maximum absolute atomic E-state index is 12.0. The Bertz CT molecular complexity index is 808. The van der Waals surface area contributed by atoms with Crippen LogP contribution in [0, 0.1) is 10.1 Å². The monoisotopic (exact) mass is 359 g/mol. The molecule has 0 heterocycles. The lowest BCUT2D eigenvalue weighted by atomic mass is 10.2. The Morgan fingerprint density at radius 2 is 1.65 bits per heavy atom. The van der Waals surface area contributed by atoms with Crippen LogP contribution in [0.2, 0.25) is 0 Å². The normalized spacial score (nSPS) is 10.4. The van der Waals surface area contributed by atoms with Crippen LogP contribution in [0.25, 0.3) is 0 Å². The van der Waals surface area contributed by atoms with Crippen LogP contribution in [-0.2, 0) is 0 Å². The highest BCUT2D eigenvalue weighted by molar-refractivity contribution is 5.95. The quantitative estimate of drug-likeness (QED) is 0.461. The summed E-state index contributed by atoms with van der Waals surface area (Å²) in [5.41, 5.74) is 3.11. The third kappa shape index (κ3) is 4.26. The second kappa shape index (κ2) is 8.47. The first kappa shape index (κ1) is 18.7. The third-order valence-electron chi connectivity index (χ3n) is 3.41. The highest BCUT2D eigenvalue weighted by Gasteiger charge is 2.12. The minimum atomic E-state index is -0.537. The third-order valence-corrected chi connectivity index (χ3v) is 3.41. The smallest absolute Gasteiger partial charge is 0.271 e. The highest BCUT2D eigenvalue weighted by Crippen LogP contribution is 2.37. The molecule has 0 saturated heterocycles. The number of hydrogen-bond acceptors (Lipinski definition) is 7. The van der Waals surface area contributed by atoms with Gasteiger partial charge in [-0.2, -0.15) is 5.10 Å².